The Hall–Kier alpha value is -4.02. The van der Waals surface area contributed by atoms with Crippen molar-refractivity contribution < 1.29 is 9.53 Å². The Kier molecular flexibility index (Phi) is 8.09. The van der Waals surface area contributed by atoms with Crippen LogP contribution in [0, 0.1) is 5.92 Å². The number of aromatic nitrogens is 4. The quantitative estimate of drug-likeness (QED) is 0.136. The summed E-state index contributed by atoms with van der Waals surface area (Å²) in [4.78, 5) is 29.5. The van der Waals surface area contributed by atoms with E-state index in [4.69, 9.17) is 37.9 Å². The minimum Gasteiger partial charge on any atom is -0.481 e. The summed E-state index contributed by atoms with van der Waals surface area (Å²) in [6, 6.07) is 18.9. The smallest absolute Gasteiger partial charge is 0.220 e. The number of aromatic amines is 1. The van der Waals surface area contributed by atoms with E-state index in [9.17, 15) is 4.79 Å². The lowest BCUT2D eigenvalue weighted by Crippen LogP contribution is -2.35. The number of fused-ring (bicyclic) bond motifs is 3. The van der Waals surface area contributed by atoms with E-state index in [1.807, 2.05) is 48.5 Å². The summed E-state index contributed by atoms with van der Waals surface area (Å²) in [5, 5.41) is 11.2. The first-order chi connectivity index (χ1) is 22.9. The number of carbonyl (C=O) groups excluding carboxylic acids is 1. The van der Waals surface area contributed by atoms with E-state index >= 15 is 0 Å². The van der Waals surface area contributed by atoms with Gasteiger partial charge in [0.2, 0.25) is 11.8 Å². The van der Waals surface area contributed by atoms with Gasteiger partial charge >= 0.3 is 0 Å². The van der Waals surface area contributed by atoms with Crippen LogP contribution < -0.4 is 20.7 Å². The summed E-state index contributed by atoms with van der Waals surface area (Å²) < 4.78 is 5.66. The van der Waals surface area contributed by atoms with Crippen LogP contribution in [0.4, 0.5) is 0 Å². The van der Waals surface area contributed by atoms with Crippen LogP contribution in [-0.4, -0.2) is 51.6 Å². The predicted molar refractivity (Wildman–Crippen MR) is 184 cm³/mol. The molecule has 5 aromatic rings. The minimum atomic E-state index is 0.108. The van der Waals surface area contributed by atoms with Crippen LogP contribution in [0.3, 0.4) is 0 Å². The molecule has 240 valence electrons. The standard InChI is InChI=1S/C36H35Cl2N7O2/c1-47-36-21(17-39-18-23-9-12-30(46)41-23)7-10-27(45-36)26-4-2-3-24(31(26)37)25-13-14-40-33(32(25)38)20-6-11-28-29(16-20)44-35(43-28)34-19-5-8-22(15-19)42-34/h2-4,6-7,10-11,13-14,16,19,22-23,34,39,42H,5,8-9,12,15,17-18H2,1H3,(H,41,46)(H,43,44)/t19-,22+,23-,34-/m1/s1. The van der Waals surface area contributed by atoms with Gasteiger partial charge in [0.15, 0.2) is 0 Å². The van der Waals surface area contributed by atoms with E-state index in [1.165, 1.54) is 19.3 Å². The van der Waals surface area contributed by atoms with Gasteiger partial charge in [0.25, 0.3) is 0 Å². The summed E-state index contributed by atoms with van der Waals surface area (Å²) in [7, 11) is 1.61. The normalized spacial score (nSPS) is 21.9. The van der Waals surface area contributed by atoms with Crippen molar-refractivity contribution in [3.8, 4) is 39.5 Å². The molecular formula is C36H35Cl2N7O2. The molecule has 3 aliphatic rings. The molecule has 2 aliphatic heterocycles. The summed E-state index contributed by atoms with van der Waals surface area (Å²) in [6.45, 7) is 1.25. The highest BCUT2D eigenvalue weighted by Gasteiger charge is 2.41. The van der Waals surface area contributed by atoms with Gasteiger partial charge in [0.1, 0.15) is 5.82 Å². The zero-order valence-electron chi connectivity index (χ0n) is 25.9. The zero-order valence-corrected chi connectivity index (χ0v) is 27.5. The van der Waals surface area contributed by atoms with Crippen LogP contribution >= 0.6 is 23.2 Å². The molecule has 47 heavy (non-hydrogen) atoms. The number of imidazole rings is 1. The lowest BCUT2D eigenvalue weighted by molar-refractivity contribution is -0.119. The Morgan fingerprint density at radius 2 is 1.85 bits per heavy atom. The number of amides is 1. The molecule has 2 aromatic carbocycles. The second-order valence-corrected chi connectivity index (χ2v) is 13.5. The third kappa shape index (κ3) is 5.75. The third-order valence-corrected chi connectivity index (χ3v) is 10.6. The number of ether oxygens (including phenoxy) is 1. The Morgan fingerprint density at radius 3 is 2.64 bits per heavy atom. The molecule has 9 nitrogen and oxygen atoms in total. The molecule has 2 saturated heterocycles. The first-order valence-corrected chi connectivity index (χ1v) is 16.9. The number of halogens is 2. The maximum absolute atomic E-state index is 11.5. The Bertz CT molecular complexity index is 2000. The zero-order chi connectivity index (χ0) is 32.1. The van der Waals surface area contributed by atoms with Gasteiger partial charge in [0.05, 0.1) is 45.6 Å². The molecule has 11 heteroatoms. The van der Waals surface area contributed by atoms with E-state index in [1.54, 1.807) is 13.3 Å². The number of pyridine rings is 2. The van der Waals surface area contributed by atoms with Gasteiger partial charge in [-0.2, -0.15) is 0 Å². The molecule has 0 radical (unpaired) electrons. The number of benzene rings is 2. The summed E-state index contributed by atoms with van der Waals surface area (Å²) in [5.74, 6) is 2.29. The van der Waals surface area contributed by atoms with Crippen LogP contribution in [0.1, 0.15) is 49.5 Å². The van der Waals surface area contributed by atoms with Crippen molar-refractivity contribution in [2.75, 3.05) is 13.7 Å². The lowest BCUT2D eigenvalue weighted by atomic mass is 9.99. The second kappa shape index (κ2) is 12.5. The molecule has 8 rings (SSSR count). The first-order valence-electron chi connectivity index (χ1n) is 16.2. The SMILES string of the molecule is COc1nc(-c2cccc(-c3ccnc(-c4ccc5nc([C@@H]6N[C@H]7CC[C@@H]6C7)[nH]c5c4)c3Cl)c2Cl)ccc1CNC[C@H]1CCC(=O)N1. The average Bonchev–Trinajstić information content (AvgIpc) is 3.90. The van der Waals surface area contributed by atoms with Gasteiger partial charge in [-0.25, -0.2) is 9.97 Å². The van der Waals surface area contributed by atoms with Gasteiger partial charge in [0, 0.05) is 65.6 Å². The number of H-pyrrole nitrogens is 1. The number of rotatable bonds is 9. The topological polar surface area (TPSA) is 117 Å². The molecule has 1 amide bonds. The van der Waals surface area contributed by atoms with E-state index in [2.05, 4.69) is 32.0 Å². The molecule has 5 heterocycles. The Labute approximate surface area is 282 Å². The van der Waals surface area contributed by atoms with E-state index < -0.39 is 0 Å². The molecule has 2 bridgehead atoms. The highest BCUT2D eigenvalue weighted by atomic mass is 35.5. The van der Waals surface area contributed by atoms with Crippen LogP contribution in [-0.2, 0) is 11.3 Å². The monoisotopic (exact) mass is 667 g/mol. The van der Waals surface area contributed by atoms with Gasteiger partial charge in [-0.15, -0.1) is 0 Å². The lowest BCUT2D eigenvalue weighted by Gasteiger charge is -2.20. The first kappa shape index (κ1) is 30.3. The number of hydrogen-bond donors (Lipinski definition) is 4. The largest absolute Gasteiger partial charge is 0.481 e. The number of hydrogen-bond acceptors (Lipinski definition) is 7. The van der Waals surface area contributed by atoms with Crippen molar-refractivity contribution in [2.45, 2.75) is 56.8 Å². The van der Waals surface area contributed by atoms with Crippen molar-refractivity contribution >= 4 is 40.1 Å². The molecular weight excluding hydrogens is 633 g/mol. The highest BCUT2D eigenvalue weighted by Crippen LogP contribution is 2.44. The van der Waals surface area contributed by atoms with Crippen LogP contribution in [0.5, 0.6) is 5.88 Å². The minimum absolute atomic E-state index is 0.108. The van der Waals surface area contributed by atoms with Crippen molar-refractivity contribution in [3.05, 3.63) is 82.2 Å². The van der Waals surface area contributed by atoms with Gasteiger partial charge in [-0.1, -0.05) is 53.5 Å². The molecule has 0 unspecified atom stereocenters. The Balaban J connectivity index is 1.05. The second-order valence-electron chi connectivity index (χ2n) is 12.8. The highest BCUT2D eigenvalue weighted by molar-refractivity contribution is 6.39. The van der Waals surface area contributed by atoms with Gasteiger partial charge < -0.3 is 25.7 Å². The summed E-state index contributed by atoms with van der Waals surface area (Å²) in [5.41, 5.74) is 7.43. The van der Waals surface area contributed by atoms with E-state index in [0.717, 1.165) is 51.1 Å². The van der Waals surface area contributed by atoms with Crippen LogP contribution in [0.2, 0.25) is 10.0 Å². The van der Waals surface area contributed by atoms with E-state index in [0.29, 0.717) is 64.8 Å². The number of nitrogens with one attached hydrogen (secondary N) is 4. The van der Waals surface area contributed by atoms with Crippen molar-refractivity contribution in [1.29, 1.82) is 0 Å². The molecule has 1 saturated carbocycles. The van der Waals surface area contributed by atoms with Crippen molar-refractivity contribution in [3.63, 3.8) is 0 Å². The Morgan fingerprint density at radius 1 is 0.979 bits per heavy atom. The molecule has 4 N–H and O–H groups in total. The van der Waals surface area contributed by atoms with Gasteiger partial charge in [-0.3, -0.25) is 9.78 Å². The number of methoxy groups -OCH3 is 1. The van der Waals surface area contributed by atoms with Crippen LogP contribution in [0.15, 0.2) is 60.8 Å². The fourth-order valence-electron chi connectivity index (χ4n) is 7.42. The molecule has 4 atom stereocenters. The van der Waals surface area contributed by atoms with Gasteiger partial charge in [-0.05, 0) is 55.9 Å². The van der Waals surface area contributed by atoms with E-state index in [-0.39, 0.29) is 11.9 Å². The molecule has 1 aliphatic carbocycles. The summed E-state index contributed by atoms with van der Waals surface area (Å²) >= 11 is 14.2. The fraction of sp³-hybridized carbons (Fsp3) is 0.333. The number of nitrogens with zero attached hydrogens (tertiary/aromatic N) is 3. The third-order valence-electron chi connectivity index (χ3n) is 9.81. The van der Waals surface area contributed by atoms with Crippen molar-refractivity contribution in [1.82, 2.24) is 35.9 Å². The van der Waals surface area contributed by atoms with Crippen LogP contribution in [0.25, 0.3) is 44.7 Å². The predicted octanol–water partition coefficient (Wildman–Crippen LogP) is 6.85. The van der Waals surface area contributed by atoms with Crippen molar-refractivity contribution in [2.24, 2.45) is 5.92 Å². The summed E-state index contributed by atoms with van der Waals surface area (Å²) in [6.07, 6.45) is 6.95. The average molecular weight is 669 g/mol. The molecule has 3 fully saturated rings. The molecule has 3 aromatic heterocycles. The number of piperidine rings is 1. The molecule has 0 spiro atoms. The fourth-order valence-corrected chi connectivity index (χ4v) is 8.07. The maximum Gasteiger partial charge on any atom is 0.220 e. The number of carbonyl (C=O) groups is 1. The maximum atomic E-state index is 11.5.